The molecule has 0 spiro atoms. The van der Waals surface area contributed by atoms with Crippen molar-refractivity contribution in [2.45, 2.75) is 0 Å². The third-order valence-electron chi connectivity index (χ3n) is 16.3. The van der Waals surface area contributed by atoms with Gasteiger partial charge in [-0.3, -0.25) is 0 Å². The van der Waals surface area contributed by atoms with Crippen LogP contribution >= 0.6 is 0 Å². The molecule has 16 rings (SSSR count). The zero-order chi connectivity index (χ0) is 49.8. The lowest BCUT2D eigenvalue weighted by atomic mass is 9.33. The number of fused-ring (bicyclic) bond motifs is 10. The van der Waals surface area contributed by atoms with Gasteiger partial charge in [0.2, 0.25) is 0 Å². The van der Waals surface area contributed by atoms with Gasteiger partial charge in [-0.15, -0.1) is 0 Å². The number of aromatic nitrogens is 1. The molecule has 14 aromatic rings. The number of rotatable bonds is 6. The minimum atomic E-state index is -0.0413. The monoisotopic (exact) mass is 963 g/mol. The zero-order valence-electron chi connectivity index (χ0n) is 41.5. The SMILES string of the molecule is c1ccc(-c2ccc(-c3c4ccccc4c(-c4cc5c6c(c4)N(c4ccccc4)c4cc(-n7c8ccccc8c8ccccc87)ccc4B6c4ccccc4N5c4ccccc4)c4ccccc34)c3ccccc23)cc1. The van der Waals surface area contributed by atoms with Gasteiger partial charge >= 0.3 is 0 Å². The summed E-state index contributed by atoms with van der Waals surface area (Å²) in [5.41, 5.74) is 21.7. The van der Waals surface area contributed by atoms with Crippen molar-refractivity contribution in [3.05, 3.63) is 279 Å². The molecule has 0 bridgehead atoms. The van der Waals surface area contributed by atoms with E-state index >= 15 is 0 Å². The molecule has 0 saturated carbocycles. The Labute approximate surface area is 441 Å². The maximum absolute atomic E-state index is 2.56. The van der Waals surface area contributed by atoms with Crippen LogP contribution in [0.15, 0.2) is 279 Å². The van der Waals surface area contributed by atoms with Crippen LogP contribution in [-0.4, -0.2) is 11.3 Å². The van der Waals surface area contributed by atoms with E-state index in [1.807, 2.05) is 0 Å². The molecule has 0 fully saturated rings. The molecule has 76 heavy (non-hydrogen) atoms. The molecular weight excluding hydrogens is 918 g/mol. The van der Waals surface area contributed by atoms with Crippen molar-refractivity contribution in [1.29, 1.82) is 0 Å². The molecule has 3 nitrogen and oxygen atoms in total. The molecule has 0 unspecified atom stereocenters. The summed E-state index contributed by atoms with van der Waals surface area (Å²) in [6.45, 7) is -0.0413. The van der Waals surface area contributed by atoms with E-state index in [2.05, 4.69) is 293 Å². The molecule has 0 radical (unpaired) electrons. The van der Waals surface area contributed by atoms with Gasteiger partial charge in [-0.1, -0.05) is 212 Å². The summed E-state index contributed by atoms with van der Waals surface area (Å²) in [5.74, 6) is 0. The molecular formula is C72H46BN3. The Kier molecular flexibility index (Phi) is 9.43. The Balaban J connectivity index is 1.01. The summed E-state index contributed by atoms with van der Waals surface area (Å²) in [7, 11) is 0. The smallest absolute Gasteiger partial charge is 0.252 e. The highest BCUT2D eigenvalue weighted by Gasteiger charge is 2.44. The van der Waals surface area contributed by atoms with Crippen LogP contribution in [0.4, 0.5) is 34.1 Å². The molecule has 1 aromatic heterocycles. The fourth-order valence-corrected chi connectivity index (χ4v) is 13.2. The van der Waals surface area contributed by atoms with Gasteiger partial charge in [0.25, 0.3) is 6.71 Å². The second-order valence-electron chi connectivity index (χ2n) is 20.3. The topological polar surface area (TPSA) is 11.4 Å². The number of benzene rings is 13. The minimum Gasteiger partial charge on any atom is -0.311 e. The second kappa shape index (κ2) is 16.8. The lowest BCUT2D eigenvalue weighted by Gasteiger charge is -2.44. The van der Waals surface area contributed by atoms with E-state index in [1.54, 1.807) is 0 Å². The van der Waals surface area contributed by atoms with Crippen LogP contribution < -0.4 is 26.2 Å². The quantitative estimate of drug-likeness (QED) is 0.122. The molecule has 2 aliphatic rings. The minimum absolute atomic E-state index is 0.0413. The first-order chi connectivity index (χ1) is 37.8. The van der Waals surface area contributed by atoms with Crippen LogP contribution in [-0.2, 0) is 0 Å². The summed E-state index contributed by atoms with van der Waals surface area (Å²) >= 11 is 0. The van der Waals surface area contributed by atoms with Gasteiger partial charge in [-0.25, -0.2) is 0 Å². The molecule has 0 aliphatic carbocycles. The van der Waals surface area contributed by atoms with Crippen LogP contribution in [0, 0.1) is 0 Å². The van der Waals surface area contributed by atoms with E-state index in [0.717, 1.165) is 17.1 Å². The van der Waals surface area contributed by atoms with Gasteiger partial charge in [0, 0.05) is 50.6 Å². The number of para-hydroxylation sites is 5. The molecule has 3 heterocycles. The average molecular weight is 964 g/mol. The summed E-state index contributed by atoms with van der Waals surface area (Å²) in [6, 6.07) is 104. The molecule has 2 aliphatic heterocycles. The van der Waals surface area contributed by atoms with Crippen molar-refractivity contribution in [3.63, 3.8) is 0 Å². The first kappa shape index (κ1) is 42.6. The van der Waals surface area contributed by atoms with Gasteiger partial charge < -0.3 is 14.4 Å². The molecule has 13 aromatic carbocycles. The highest BCUT2D eigenvalue weighted by Crippen LogP contribution is 2.51. The Hall–Kier alpha value is -9.90. The van der Waals surface area contributed by atoms with E-state index in [0.29, 0.717) is 0 Å². The standard InChI is InChI=1S/C72H46BN3/c1-4-22-47(23-5-1)52-41-42-61(54-29-11-10-28-53(52)54)71-59-34-14-12-32-57(59)70(58-33-13-15-35-60(58)71)48-44-68-72-69(45-48)75(50-26-8-3-9-27-50)67-46-51(76-64-37-19-16-30-55(64)56-31-17-20-38-65(56)76)40-43-63(67)73(72)62-36-18-21-39-66(62)74(68)49-24-6-2-7-25-49/h1-46H. The van der Waals surface area contributed by atoms with Gasteiger partial charge in [0.15, 0.2) is 0 Å². The van der Waals surface area contributed by atoms with Crippen LogP contribution in [0.25, 0.3) is 93.2 Å². The molecule has 0 atom stereocenters. The van der Waals surface area contributed by atoms with Crippen molar-refractivity contribution in [2.75, 3.05) is 9.80 Å². The third kappa shape index (κ3) is 6.25. The van der Waals surface area contributed by atoms with Gasteiger partial charge in [0.05, 0.1) is 11.0 Å². The normalized spacial score (nSPS) is 12.7. The lowest BCUT2D eigenvalue weighted by molar-refractivity contribution is 1.17. The van der Waals surface area contributed by atoms with E-state index in [-0.39, 0.29) is 6.71 Å². The second-order valence-corrected chi connectivity index (χ2v) is 20.3. The van der Waals surface area contributed by atoms with E-state index in [9.17, 15) is 0 Å². The third-order valence-corrected chi connectivity index (χ3v) is 16.3. The van der Waals surface area contributed by atoms with Crippen LogP contribution in [0.3, 0.4) is 0 Å². The summed E-state index contributed by atoms with van der Waals surface area (Å²) < 4.78 is 2.45. The molecule has 352 valence electrons. The maximum atomic E-state index is 2.56. The average Bonchev–Trinajstić information content (AvgIpc) is 3.83. The molecule has 0 amide bonds. The Morgan fingerprint density at radius 1 is 0.250 bits per heavy atom. The van der Waals surface area contributed by atoms with Crippen molar-refractivity contribution in [1.82, 2.24) is 4.57 Å². The highest BCUT2D eigenvalue weighted by atomic mass is 15.2. The number of anilines is 6. The Morgan fingerprint density at radius 3 is 1.28 bits per heavy atom. The van der Waals surface area contributed by atoms with E-state index < -0.39 is 0 Å². The number of nitrogens with zero attached hydrogens (tertiary/aromatic N) is 3. The van der Waals surface area contributed by atoms with Crippen LogP contribution in [0.5, 0.6) is 0 Å². The lowest BCUT2D eigenvalue weighted by Crippen LogP contribution is -2.61. The first-order valence-corrected chi connectivity index (χ1v) is 26.4. The predicted molar refractivity (Wildman–Crippen MR) is 324 cm³/mol. The van der Waals surface area contributed by atoms with Crippen molar-refractivity contribution in [3.8, 4) is 39.1 Å². The van der Waals surface area contributed by atoms with Crippen molar-refractivity contribution in [2.24, 2.45) is 0 Å². The van der Waals surface area contributed by atoms with Gasteiger partial charge in [-0.2, -0.15) is 0 Å². The summed E-state index contributed by atoms with van der Waals surface area (Å²) in [4.78, 5) is 5.08. The fraction of sp³-hybridized carbons (Fsp3) is 0. The molecule has 0 saturated heterocycles. The van der Waals surface area contributed by atoms with E-state index in [1.165, 1.54) is 127 Å². The maximum Gasteiger partial charge on any atom is 0.252 e. The summed E-state index contributed by atoms with van der Waals surface area (Å²) in [6.07, 6.45) is 0. The highest BCUT2D eigenvalue weighted by molar-refractivity contribution is 7.00. The number of hydrogen-bond acceptors (Lipinski definition) is 2. The van der Waals surface area contributed by atoms with Crippen molar-refractivity contribution < 1.29 is 0 Å². The zero-order valence-corrected chi connectivity index (χ0v) is 41.5. The van der Waals surface area contributed by atoms with Crippen molar-refractivity contribution >= 4 is 111 Å². The van der Waals surface area contributed by atoms with Gasteiger partial charge in [0.1, 0.15) is 0 Å². The predicted octanol–water partition coefficient (Wildman–Crippen LogP) is 17.3. The summed E-state index contributed by atoms with van der Waals surface area (Å²) in [5, 5.41) is 9.88. The Bertz CT molecular complexity index is 4550. The largest absolute Gasteiger partial charge is 0.311 e. The Morgan fingerprint density at radius 2 is 0.684 bits per heavy atom. The van der Waals surface area contributed by atoms with E-state index in [4.69, 9.17) is 0 Å². The van der Waals surface area contributed by atoms with Crippen LogP contribution in [0.2, 0.25) is 0 Å². The first-order valence-electron chi connectivity index (χ1n) is 26.4. The molecule has 0 N–H and O–H groups in total. The van der Waals surface area contributed by atoms with Crippen LogP contribution in [0.1, 0.15) is 0 Å². The van der Waals surface area contributed by atoms with Gasteiger partial charge in [-0.05, 0) is 149 Å². The number of hydrogen-bond donors (Lipinski definition) is 0. The molecule has 4 heteroatoms. The fourth-order valence-electron chi connectivity index (χ4n) is 13.2.